The van der Waals surface area contributed by atoms with Crippen LogP contribution in [-0.4, -0.2) is 48.3 Å². The minimum Gasteiger partial charge on any atom is -0.464 e. The van der Waals surface area contributed by atoms with E-state index in [1.165, 1.54) is 12.8 Å². The predicted octanol–water partition coefficient (Wildman–Crippen LogP) is 0.786. The average Bonchev–Trinajstić information content (AvgIpc) is 2.97. The minimum atomic E-state index is -0.125. The topological polar surface area (TPSA) is 49.5 Å². The fraction of sp³-hybridized carbons (Fsp3) is 0.909. The van der Waals surface area contributed by atoms with Gasteiger partial charge in [-0.1, -0.05) is 26.2 Å². The summed E-state index contributed by atoms with van der Waals surface area (Å²) < 4.78 is 5.13. The monoisotopic (exact) mass is 215 g/mol. The number of carbonyl (C=O) groups excluding carboxylic acids is 1. The number of unbranched alkanes of at least 4 members (excludes halogenated alkanes) is 3. The number of β-amino-alcohol motifs (C(OH)–C–C–N with tert-alkyl or cyclic N) is 1. The van der Waals surface area contributed by atoms with E-state index in [-0.39, 0.29) is 18.6 Å². The molecule has 0 saturated carbocycles. The van der Waals surface area contributed by atoms with Crippen molar-refractivity contribution in [3.8, 4) is 0 Å². The van der Waals surface area contributed by atoms with Crippen LogP contribution in [0.3, 0.4) is 0 Å². The lowest BCUT2D eigenvalue weighted by Crippen LogP contribution is -2.18. The highest BCUT2D eigenvalue weighted by Gasteiger charge is 2.40. The molecule has 0 aromatic rings. The van der Waals surface area contributed by atoms with Gasteiger partial charge in [-0.2, -0.15) is 0 Å². The van der Waals surface area contributed by atoms with E-state index in [4.69, 9.17) is 9.84 Å². The lowest BCUT2D eigenvalue weighted by atomic mass is 10.2. The molecule has 0 spiro atoms. The number of aliphatic hydroxyl groups is 1. The third kappa shape index (κ3) is 4.62. The Hall–Kier alpha value is -0.610. The van der Waals surface area contributed by atoms with Crippen LogP contribution in [0.15, 0.2) is 0 Å². The van der Waals surface area contributed by atoms with E-state index in [0.29, 0.717) is 13.2 Å². The summed E-state index contributed by atoms with van der Waals surface area (Å²) in [6.07, 6.45) is 4.50. The van der Waals surface area contributed by atoms with Gasteiger partial charge in [0.05, 0.1) is 13.2 Å². The van der Waals surface area contributed by atoms with Gasteiger partial charge in [-0.15, -0.1) is 0 Å². The summed E-state index contributed by atoms with van der Waals surface area (Å²) in [7, 11) is 0. The summed E-state index contributed by atoms with van der Waals surface area (Å²) in [4.78, 5) is 13.3. The maximum absolute atomic E-state index is 11.4. The Morgan fingerprint density at radius 2 is 2.27 bits per heavy atom. The molecular formula is C11H21NO3. The van der Waals surface area contributed by atoms with E-state index >= 15 is 0 Å². The largest absolute Gasteiger partial charge is 0.464 e. The van der Waals surface area contributed by atoms with E-state index in [1.54, 1.807) is 0 Å². The molecule has 0 bridgehead atoms. The van der Waals surface area contributed by atoms with E-state index in [9.17, 15) is 4.79 Å². The first-order chi connectivity index (χ1) is 7.29. The summed E-state index contributed by atoms with van der Waals surface area (Å²) in [6, 6.07) is -0.0803. The molecule has 4 nitrogen and oxygen atoms in total. The van der Waals surface area contributed by atoms with Crippen molar-refractivity contribution in [2.45, 2.75) is 38.6 Å². The molecule has 88 valence electrons. The molecule has 1 N–H and O–H groups in total. The number of nitrogens with zero attached hydrogens (tertiary/aromatic N) is 1. The third-order valence-electron chi connectivity index (χ3n) is 2.62. The average molecular weight is 215 g/mol. The van der Waals surface area contributed by atoms with Gasteiger partial charge >= 0.3 is 5.97 Å². The number of carbonyl (C=O) groups is 1. The summed E-state index contributed by atoms with van der Waals surface area (Å²) in [6.45, 7) is 4.13. The highest BCUT2D eigenvalue weighted by Crippen LogP contribution is 2.17. The Morgan fingerprint density at radius 3 is 2.93 bits per heavy atom. The molecule has 1 saturated heterocycles. The highest BCUT2D eigenvalue weighted by atomic mass is 16.5. The standard InChI is InChI=1S/C11H21NO3/c1-2-3-4-5-8-15-11(14)10-9-12(10)6-7-13/h10,13H,2-9H2,1H3/t10-,12?/m1/s1. The molecule has 15 heavy (non-hydrogen) atoms. The van der Waals surface area contributed by atoms with Crippen LogP contribution < -0.4 is 0 Å². The fourth-order valence-electron chi connectivity index (χ4n) is 1.57. The molecule has 1 fully saturated rings. The zero-order chi connectivity index (χ0) is 11.1. The van der Waals surface area contributed by atoms with E-state index < -0.39 is 0 Å². The van der Waals surface area contributed by atoms with Gasteiger partial charge in [-0.25, -0.2) is 0 Å². The predicted molar refractivity (Wildman–Crippen MR) is 57.5 cm³/mol. The van der Waals surface area contributed by atoms with E-state index in [2.05, 4.69) is 6.92 Å². The van der Waals surface area contributed by atoms with Crippen LogP contribution in [0.1, 0.15) is 32.6 Å². The fourth-order valence-corrected chi connectivity index (χ4v) is 1.57. The van der Waals surface area contributed by atoms with Crippen LogP contribution in [0.25, 0.3) is 0 Å². The molecule has 1 unspecified atom stereocenters. The normalized spacial score (nSPS) is 23.9. The van der Waals surface area contributed by atoms with Crippen LogP contribution in [0.4, 0.5) is 0 Å². The smallest absolute Gasteiger partial charge is 0.324 e. The minimum absolute atomic E-state index is 0.0803. The third-order valence-corrected chi connectivity index (χ3v) is 2.62. The zero-order valence-corrected chi connectivity index (χ0v) is 9.45. The van der Waals surface area contributed by atoms with Crippen molar-refractivity contribution in [2.75, 3.05) is 26.3 Å². The number of rotatable bonds is 8. The Balaban J connectivity index is 1.96. The van der Waals surface area contributed by atoms with Crippen molar-refractivity contribution in [2.24, 2.45) is 0 Å². The molecule has 1 heterocycles. The van der Waals surface area contributed by atoms with Gasteiger partial charge in [0.2, 0.25) is 0 Å². The molecule has 2 atom stereocenters. The molecule has 4 heteroatoms. The van der Waals surface area contributed by atoms with Gasteiger partial charge in [-0.05, 0) is 6.42 Å². The van der Waals surface area contributed by atoms with Crippen LogP contribution in [-0.2, 0) is 9.53 Å². The van der Waals surface area contributed by atoms with Gasteiger partial charge < -0.3 is 9.84 Å². The van der Waals surface area contributed by atoms with Gasteiger partial charge in [0.1, 0.15) is 6.04 Å². The van der Waals surface area contributed by atoms with Crippen LogP contribution in [0.5, 0.6) is 0 Å². The number of hydrogen-bond acceptors (Lipinski definition) is 4. The van der Waals surface area contributed by atoms with Gasteiger partial charge in [0, 0.05) is 13.1 Å². The summed E-state index contributed by atoms with van der Waals surface area (Å²) >= 11 is 0. The number of aliphatic hydroxyl groups excluding tert-OH is 1. The molecule has 1 aliphatic heterocycles. The second-order valence-electron chi connectivity index (χ2n) is 3.96. The van der Waals surface area contributed by atoms with Crippen LogP contribution in [0.2, 0.25) is 0 Å². The Bertz CT molecular complexity index is 196. The van der Waals surface area contributed by atoms with Crippen molar-refractivity contribution in [1.82, 2.24) is 4.90 Å². The summed E-state index contributed by atoms with van der Waals surface area (Å²) in [5.74, 6) is -0.125. The van der Waals surface area contributed by atoms with Crippen LogP contribution in [0, 0.1) is 0 Å². The molecule has 0 aliphatic carbocycles. The van der Waals surface area contributed by atoms with Gasteiger partial charge in [-0.3, -0.25) is 9.69 Å². The Morgan fingerprint density at radius 1 is 1.47 bits per heavy atom. The molecule has 1 aliphatic rings. The first-order valence-electron chi connectivity index (χ1n) is 5.81. The summed E-state index contributed by atoms with van der Waals surface area (Å²) in [5, 5.41) is 8.66. The Kier molecular flexibility index (Phi) is 5.65. The van der Waals surface area contributed by atoms with Crippen molar-refractivity contribution in [3.05, 3.63) is 0 Å². The molecule has 0 aromatic carbocycles. The maximum atomic E-state index is 11.4. The quantitative estimate of drug-likeness (QED) is 0.369. The van der Waals surface area contributed by atoms with Crippen molar-refractivity contribution >= 4 is 5.97 Å². The molecule has 0 radical (unpaired) electrons. The van der Waals surface area contributed by atoms with Gasteiger partial charge in [0.25, 0.3) is 0 Å². The van der Waals surface area contributed by atoms with Crippen molar-refractivity contribution in [1.29, 1.82) is 0 Å². The molecule has 1 rings (SSSR count). The zero-order valence-electron chi connectivity index (χ0n) is 9.45. The first-order valence-corrected chi connectivity index (χ1v) is 5.81. The molecule has 0 amide bonds. The van der Waals surface area contributed by atoms with Crippen molar-refractivity contribution < 1.29 is 14.6 Å². The molecule has 0 aromatic heterocycles. The van der Waals surface area contributed by atoms with E-state index in [1.807, 2.05) is 4.90 Å². The SMILES string of the molecule is CCCCCCOC(=O)[C@H]1CN1CCO. The Labute approximate surface area is 91.2 Å². The maximum Gasteiger partial charge on any atom is 0.324 e. The van der Waals surface area contributed by atoms with Crippen LogP contribution >= 0.6 is 0 Å². The van der Waals surface area contributed by atoms with E-state index in [0.717, 1.165) is 19.4 Å². The molecular weight excluding hydrogens is 194 g/mol. The van der Waals surface area contributed by atoms with Gasteiger partial charge in [0.15, 0.2) is 0 Å². The highest BCUT2D eigenvalue weighted by molar-refractivity contribution is 5.79. The number of ether oxygens (including phenoxy) is 1. The second-order valence-corrected chi connectivity index (χ2v) is 3.96. The lowest BCUT2D eigenvalue weighted by Gasteiger charge is -2.04. The number of esters is 1. The second kappa shape index (κ2) is 6.80. The summed E-state index contributed by atoms with van der Waals surface area (Å²) in [5.41, 5.74) is 0. The first kappa shape index (κ1) is 12.5. The number of hydrogen-bond donors (Lipinski definition) is 1. The lowest BCUT2D eigenvalue weighted by molar-refractivity contribution is -0.144. The van der Waals surface area contributed by atoms with Crippen molar-refractivity contribution in [3.63, 3.8) is 0 Å².